The van der Waals surface area contributed by atoms with Crippen molar-refractivity contribution in [3.05, 3.63) is 125 Å². The minimum absolute atomic E-state index is 0.254. The second-order valence-corrected chi connectivity index (χ2v) is 9.16. The maximum Gasteiger partial charge on any atom is 0.311 e. The van der Waals surface area contributed by atoms with Crippen molar-refractivity contribution in [3.8, 4) is 33.8 Å². The Kier molecular flexibility index (Phi) is 7.06. The molecule has 5 rings (SSSR count). The van der Waals surface area contributed by atoms with E-state index in [9.17, 15) is 9.90 Å². The molecule has 0 aliphatic rings. The molecule has 5 aromatic rings. The highest BCUT2D eigenvalue weighted by molar-refractivity contribution is 6.30. The molecule has 1 unspecified atom stereocenters. The first-order valence-electron chi connectivity index (χ1n) is 11.9. The average molecular weight is 509 g/mol. The second kappa shape index (κ2) is 10.7. The fraction of sp³-hybridized carbons (Fsp3) is 0.0968. The normalized spacial score (nSPS) is 11.7. The highest BCUT2D eigenvalue weighted by Gasteiger charge is 2.23. The third-order valence-corrected chi connectivity index (χ3v) is 6.60. The number of halogens is 1. The summed E-state index contributed by atoms with van der Waals surface area (Å²) in [6.07, 6.45) is 0.254. The van der Waals surface area contributed by atoms with Gasteiger partial charge in [-0.05, 0) is 59.2 Å². The van der Waals surface area contributed by atoms with Gasteiger partial charge in [-0.1, -0.05) is 78.3 Å². The van der Waals surface area contributed by atoms with E-state index in [4.69, 9.17) is 21.4 Å². The number of rotatable bonds is 8. The summed E-state index contributed by atoms with van der Waals surface area (Å²) in [5, 5.41) is 15.6. The number of hydrogen-bond donors (Lipinski definition) is 1. The van der Waals surface area contributed by atoms with Gasteiger partial charge in [0, 0.05) is 17.0 Å². The summed E-state index contributed by atoms with van der Waals surface area (Å²) in [6, 6.07) is 34.8. The third kappa shape index (κ3) is 5.42. The van der Waals surface area contributed by atoms with Gasteiger partial charge in [0.15, 0.2) is 0 Å². The van der Waals surface area contributed by atoms with Crippen molar-refractivity contribution in [1.29, 1.82) is 0 Å². The fourth-order valence-electron chi connectivity index (χ4n) is 4.37. The zero-order valence-corrected chi connectivity index (χ0v) is 21.0. The summed E-state index contributed by atoms with van der Waals surface area (Å²) in [5.41, 5.74) is 6.17. The molecule has 0 amide bonds. The first-order chi connectivity index (χ1) is 18.0. The highest BCUT2D eigenvalue weighted by Crippen LogP contribution is 2.30. The molecule has 1 aromatic heterocycles. The standard InChI is InChI=1S/C31H25ClN2O3/c1-37-28-17-15-27(16-18-28)34-30(24-11-13-25(32)14-12-24)20-26(33-34)19-29(31(35)36)23-9-7-22(8-10-23)21-5-3-2-4-6-21/h2-18,20,29H,19H2,1H3,(H,35,36). The number of benzene rings is 4. The molecule has 0 radical (unpaired) electrons. The molecule has 1 N–H and O–H groups in total. The number of aromatic nitrogens is 2. The van der Waals surface area contributed by atoms with Crippen molar-refractivity contribution in [2.75, 3.05) is 7.11 Å². The molecule has 4 aromatic carbocycles. The number of hydrogen-bond acceptors (Lipinski definition) is 3. The molecule has 184 valence electrons. The van der Waals surface area contributed by atoms with E-state index in [1.54, 1.807) is 7.11 Å². The lowest BCUT2D eigenvalue weighted by atomic mass is 9.92. The van der Waals surface area contributed by atoms with Gasteiger partial charge in [-0.15, -0.1) is 0 Å². The Hall–Kier alpha value is -4.35. The lowest BCUT2D eigenvalue weighted by molar-refractivity contribution is -0.138. The minimum Gasteiger partial charge on any atom is -0.497 e. The van der Waals surface area contributed by atoms with Crippen molar-refractivity contribution in [3.63, 3.8) is 0 Å². The van der Waals surface area contributed by atoms with Crippen molar-refractivity contribution >= 4 is 17.6 Å². The summed E-state index contributed by atoms with van der Waals surface area (Å²) in [7, 11) is 1.62. The highest BCUT2D eigenvalue weighted by atomic mass is 35.5. The van der Waals surface area contributed by atoms with E-state index in [0.29, 0.717) is 10.7 Å². The molecule has 1 heterocycles. The number of carboxylic acid groups (broad SMARTS) is 1. The first kappa shape index (κ1) is 24.3. The maximum atomic E-state index is 12.3. The van der Waals surface area contributed by atoms with E-state index >= 15 is 0 Å². The largest absolute Gasteiger partial charge is 0.497 e. The lowest BCUT2D eigenvalue weighted by Crippen LogP contribution is -2.15. The third-order valence-electron chi connectivity index (χ3n) is 6.35. The van der Waals surface area contributed by atoms with E-state index < -0.39 is 11.9 Å². The van der Waals surface area contributed by atoms with Crippen LogP contribution in [0.5, 0.6) is 5.75 Å². The van der Waals surface area contributed by atoms with Crippen LogP contribution >= 0.6 is 11.6 Å². The topological polar surface area (TPSA) is 64.4 Å². The summed E-state index contributed by atoms with van der Waals surface area (Å²) in [5.74, 6) is -0.879. The summed E-state index contributed by atoms with van der Waals surface area (Å²) in [6.45, 7) is 0. The van der Waals surface area contributed by atoms with Crippen LogP contribution in [0.3, 0.4) is 0 Å². The van der Waals surface area contributed by atoms with Gasteiger partial charge in [0.25, 0.3) is 0 Å². The first-order valence-corrected chi connectivity index (χ1v) is 12.3. The summed E-state index contributed by atoms with van der Waals surface area (Å²) in [4.78, 5) is 12.3. The smallest absolute Gasteiger partial charge is 0.311 e. The molecule has 0 spiro atoms. The van der Waals surface area contributed by atoms with Crippen LogP contribution in [-0.4, -0.2) is 28.0 Å². The lowest BCUT2D eigenvalue weighted by Gasteiger charge is -2.12. The van der Waals surface area contributed by atoms with Gasteiger partial charge in [0.1, 0.15) is 5.75 Å². The maximum absolute atomic E-state index is 12.3. The fourth-order valence-corrected chi connectivity index (χ4v) is 4.50. The van der Waals surface area contributed by atoms with Crippen molar-refractivity contribution in [2.24, 2.45) is 0 Å². The van der Waals surface area contributed by atoms with E-state index in [-0.39, 0.29) is 6.42 Å². The SMILES string of the molecule is COc1ccc(-n2nc(CC(C(=O)O)c3ccc(-c4ccccc4)cc3)cc2-c2ccc(Cl)cc2)cc1. The minimum atomic E-state index is -0.889. The van der Waals surface area contributed by atoms with Crippen LogP contribution < -0.4 is 4.74 Å². The van der Waals surface area contributed by atoms with Gasteiger partial charge in [-0.2, -0.15) is 5.10 Å². The second-order valence-electron chi connectivity index (χ2n) is 8.72. The molecule has 1 atom stereocenters. The Balaban J connectivity index is 1.49. The van der Waals surface area contributed by atoms with Gasteiger partial charge >= 0.3 is 5.97 Å². The Labute approximate surface area is 220 Å². The number of carbonyl (C=O) groups is 1. The van der Waals surface area contributed by atoms with E-state index in [2.05, 4.69) is 0 Å². The van der Waals surface area contributed by atoms with Crippen molar-refractivity contribution in [2.45, 2.75) is 12.3 Å². The summed E-state index contributed by atoms with van der Waals surface area (Å²) < 4.78 is 7.12. The molecular formula is C31H25ClN2O3. The zero-order valence-electron chi connectivity index (χ0n) is 20.2. The van der Waals surface area contributed by atoms with Crippen LogP contribution in [0.1, 0.15) is 17.2 Å². The van der Waals surface area contributed by atoms with Crippen LogP contribution in [0.4, 0.5) is 0 Å². The predicted octanol–water partition coefficient (Wildman–Crippen LogP) is 7.28. The van der Waals surface area contributed by atoms with Crippen LogP contribution in [0.15, 0.2) is 109 Å². The number of nitrogens with zero attached hydrogens (tertiary/aromatic N) is 2. The van der Waals surface area contributed by atoms with Gasteiger partial charge in [0.2, 0.25) is 0 Å². The molecular weight excluding hydrogens is 484 g/mol. The Morgan fingerprint density at radius 2 is 1.49 bits per heavy atom. The molecule has 0 aliphatic heterocycles. The monoisotopic (exact) mass is 508 g/mol. The molecule has 0 saturated heterocycles. The van der Waals surface area contributed by atoms with Gasteiger partial charge in [-0.25, -0.2) is 4.68 Å². The van der Waals surface area contributed by atoms with E-state index in [1.165, 1.54) is 0 Å². The molecule has 0 saturated carbocycles. The quantitative estimate of drug-likeness (QED) is 0.239. The average Bonchev–Trinajstić information content (AvgIpc) is 3.36. The molecule has 0 fully saturated rings. The molecule has 0 aliphatic carbocycles. The van der Waals surface area contributed by atoms with Crippen LogP contribution in [0.25, 0.3) is 28.1 Å². The number of carboxylic acids is 1. The Morgan fingerprint density at radius 1 is 0.865 bits per heavy atom. The van der Waals surface area contributed by atoms with Crippen LogP contribution in [0, 0.1) is 0 Å². The molecule has 6 heteroatoms. The van der Waals surface area contributed by atoms with Crippen molar-refractivity contribution in [1.82, 2.24) is 9.78 Å². The van der Waals surface area contributed by atoms with Gasteiger partial charge in [0.05, 0.1) is 30.1 Å². The number of ether oxygens (including phenoxy) is 1. The van der Waals surface area contributed by atoms with Gasteiger partial charge in [-0.3, -0.25) is 4.79 Å². The van der Waals surface area contributed by atoms with Gasteiger partial charge < -0.3 is 9.84 Å². The summed E-state index contributed by atoms with van der Waals surface area (Å²) >= 11 is 6.11. The predicted molar refractivity (Wildman–Crippen MR) is 147 cm³/mol. The molecule has 5 nitrogen and oxygen atoms in total. The molecule has 0 bridgehead atoms. The molecule has 37 heavy (non-hydrogen) atoms. The van der Waals surface area contributed by atoms with Crippen molar-refractivity contribution < 1.29 is 14.6 Å². The van der Waals surface area contributed by atoms with Crippen LogP contribution in [0.2, 0.25) is 5.02 Å². The number of aliphatic carboxylic acids is 1. The Bertz CT molecular complexity index is 1490. The number of methoxy groups -OCH3 is 1. The Morgan fingerprint density at radius 3 is 2.11 bits per heavy atom. The van der Waals surface area contributed by atoms with E-state index in [0.717, 1.165) is 39.4 Å². The van der Waals surface area contributed by atoms with E-state index in [1.807, 2.05) is 114 Å². The zero-order chi connectivity index (χ0) is 25.8. The van der Waals surface area contributed by atoms with Crippen LogP contribution in [-0.2, 0) is 11.2 Å².